The fraction of sp³-hybridized carbons (Fsp3) is 0.875. The molecular formula is C16H27NO3. The first-order chi connectivity index (χ1) is 9.59. The largest absolute Gasteiger partial charge is 0.481 e. The van der Waals surface area contributed by atoms with E-state index in [-0.39, 0.29) is 11.8 Å². The molecule has 0 aliphatic heterocycles. The minimum absolute atomic E-state index is 0.0580. The number of carbonyl (C=O) groups is 2. The van der Waals surface area contributed by atoms with Crippen LogP contribution in [-0.4, -0.2) is 35.5 Å². The van der Waals surface area contributed by atoms with E-state index in [1.165, 1.54) is 32.1 Å². The zero-order chi connectivity index (χ0) is 14.5. The summed E-state index contributed by atoms with van der Waals surface area (Å²) in [6, 6.07) is 0. The number of hydrogen-bond acceptors (Lipinski definition) is 2. The molecule has 2 aliphatic carbocycles. The van der Waals surface area contributed by atoms with Gasteiger partial charge >= 0.3 is 5.97 Å². The molecule has 2 atom stereocenters. The van der Waals surface area contributed by atoms with Gasteiger partial charge in [-0.3, -0.25) is 9.59 Å². The fourth-order valence-electron chi connectivity index (χ4n) is 3.85. The summed E-state index contributed by atoms with van der Waals surface area (Å²) in [6.07, 6.45) is 9.60. The van der Waals surface area contributed by atoms with Crippen molar-refractivity contribution < 1.29 is 14.7 Å². The summed E-state index contributed by atoms with van der Waals surface area (Å²) < 4.78 is 0. The van der Waals surface area contributed by atoms with Crippen LogP contribution in [0.15, 0.2) is 0 Å². The molecule has 2 fully saturated rings. The van der Waals surface area contributed by atoms with E-state index in [2.05, 4.69) is 0 Å². The van der Waals surface area contributed by atoms with E-state index < -0.39 is 11.9 Å². The first kappa shape index (κ1) is 15.3. The molecule has 2 aliphatic rings. The lowest BCUT2D eigenvalue weighted by Crippen LogP contribution is -2.42. The zero-order valence-corrected chi connectivity index (χ0v) is 12.5. The highest BCUT2D eigenvalue weighted by Gasteiger charge is 2.37. The first-order valence-corrected chi connectivity index (χ1v) is 8.07. The number of carbonyl (C=O) groups excluding carboxylic acids is 1. The lowest BCUT2D eigenvalue weighted by Gasteiger charge is -2.33. The Morgan fingerprint density at radius 2 is 1.50 bits per heavy atom. The van der Waals surface area contributed by atoms with Gasteiger partial charge in [-0.1, -0.05) is 32.1 Å². The highest BCUT2D eigenvalue weighted by atomic mass is 16.4. The minimum Gasteiger partial charge on any atom is -0.481 e. The SMILES string of the molecule is CN(CC1CCCCC1)C(=O)C1CCCCC1C(=O)O. The van der Waals surface area contributed by atoms with Crippen LogP contribution < -0.4 is 0 Å². The number of carboxylic acid groups (broad SMARTS) is 1. The Morgan fingerprint density at radius 3 is 2.10 bits per heavy atom. The third-order valence-electron chi connectivity index (χ3n) is 5.03. The maximum absolute atomic E-state index is 12.5. The van der Waals surface area contributed by atoms with E-state index >= 15 is 0 Å². The third-order valence-corrected chi connectivity index (χ3v) is 5.03. The molecule has 2 unspecified atom stereocenters. The highest BCUT2D eigenvalue weighted by molar-refractivity contribution is 5.84. The molecule has 0 radical (unpaired) electrons. The van der Waals surface area contributed by atoms with Crippen LogP contribution in [0.5, 0.6) is 0 Å². The van der Waals surface area contributed by atoms with Gasteiger partial charge in [-0.2, -0.15) is 0 Å². The average Bonchev–Trinajstić information content (AvgIpc) is 2.47. The molecule has 0 aromatic heterocycles. The summed E-state index contributed by atoms with van der Waals surface area (Å²) in [6.45, 7) is 0.807. The molecule has 114 valence electrons. The van der Waals surface area contributed by atoms with Gasteiger partial charge in [-0.25, -0.2) is 0 Å². The van der Waals surface area contributed by atoms with Crippen LogP contribution in [0.4, 0.5) is 0 Å². The Morgan fingerprint density at radius 1 is 0.950 bits per heavy atom. The molecule has 0 aromatic carbocycles. The molecule has 0 heterocycles. The Bertz CT molecular complexity index is 350. The summed E-state index contributed by atoms with van der Waals surface area (Å²) in [5.41, 5.74) is 0. The Hall–Kier alpha value is -1.06. The van der Waals surface area contributed by atoms with E-state index in [0.717, 1.165) is 25.8 Å². The van der Waals surface area contributed by atoms with Crippen molar-refractivity contribution in [2.75, 3.05) is 13.6 Å². The van der Waals surface area contributed by atoms with Crippen molar-refractivity contribution in [1.29, 1.82) is 0 Å². The fourth-order valence-corrected chi connectivity index (χ4v) is 3.85. The van der Waals surface area contributed by atoms with Crippen molar-refractivity contribution in [2.45, 2.75) is 57.8 Å². The Kier molecular flexibility index (Phi) is 5.44. The Balaban J connectivity index is 1.92. The standard InChI is InChI=1S/C16H27NO3/c1-17(11-12-7-3-2-4-8-12)15(18)13-9-5-6-10-14(13)16(19)20/h12-14H,2-11H2,1H3,(H,19,20). The Labute approximate surface area is 121 Å². The molecule has 1 amide bonds. The van der Waals surface area contributed by atoms with Crippen LogP contribution in [0, 0.1) is 17.8 Å². The summed E-state index contributed by atoms with van der Waals surface area (Å²) in [5.74, 6) is -0.888. The van der Waals surface area contributed by atoms with Crippen LogP contribution in [0.3, 0.4) is 0 Å². The summed E-state index contributed by atoms with van der Waals surface area (Å²) in [7, 11) is 1.85. The molecule has 0 bridgehead atoms. The van der Waals surface area contributed by atoms with Crippen LogP contribution in [0.2, 0.25) is 0 Å². The second-order valence-corrected chi connectivity index (χ2v) is 6.56. The van der Waals surface area contributed by atoms with E-state index in [1.807, 2.05) is 11.9 Å². The molecule has 0 aromatic rings. The van der Waals surface area contributed by atoms with Crippen molar-refractivity contribution in [1.82, 2.24) is 4.90 Å². The van der Waals surface area contributed by atoms with Gasteiger partial charge in [0.1, 0.15) is 0 Å². The maximum atomic E-state index is 12.5. The first-order valence-electron chi connectivity index (χ1n) is 8.07. The predicted octanol–water partition coefficient (Wildman–Crippen LogP) is 2.92. The van der Waals surface area contributed by atoms with Crippen molar-refractivity contribution in [3.63, 3.8) is 0 Å². The minimum atomic E-state index is -0.797. The maximum Gasteiger partial charge on any atom is 0.307 e. The predicted molar refractivity (Wildman–Crippen MR) is 77.3 cm³/mol. The van der Waals surface area contributed by atoms with Crippen LogP contribution in [0.25, 0.3) is 0 Å². The van der Waals surface area contributed by atoms with Crippen LogP contribution in [-0.2, 0) is 9.59 Å². The van der Waals surface area contributed by atoms with Gasteiger partial charge in [0.25, 0.3) is 0 Å². The lowest BCUT2D eigenvalue weighted by atomic mass is 9.78. The van der Waals surface area contributed by atoms with E-state index in [0.29, 0.717) is 12.3 Å². The van der Waals surface area contributed by atoms with Gasteiger partial charge in [0.2, 0.25) is 5.91 Å². The van der Waals surface area contributed by atoms with E-state index in [4.69, 9.17) is 0 Å². The summed E-state index contributed by atoms with van der Waals surface area (Å²) in [5, 5.41) is 9.29. The van der Waals surface area contributed by atoms with Gasteiger partial charge in [0.15, 0.2) is 0 Å². The molecule has 0 spiro atoms. The molecule has 2 rings (SSSR count). The number of nitrogens with zero attached hydrogens (tertiary/aromatic N) is 1. The van der Waals surface area contributed by atoms with Crippen molar-refractivity contribution in [2.24, 2.45) is 17.8 Å². The summed E-state index contributed by atoms with van der Waals surface area (Å²) in [4.78, 5) is 25.7. The molecule has 20 heavy (non-hydrogen) atoms. The molecular weight excluding hydrogens is 254 g/mol. The van der Waals surface area contributed by atoms with Crippen molar-refractivity contribution in [3.05, 3.63) is 0 Å². The second-order valence-electron chi connectivity index (χ2n) is 6.56. The smallest absolute Gasteiger partial charge is 0.307 e. The van der Waals surface area contributed by atoms with Gasteiger partial charge in [0.05, 0.1) is 11.8 Å². The number of aliphatic carboxylic acids is 1. The van der Waals surface area contributed by atoms with Gasteiger partial charge in [0, 0.05) is 13.6 Å². The molecule has 1 N–H and O–H groups in total. The van der Waals surface area contributed by atoms with Crippen molar-refractivity contribution >= 4 is 11.9 Å². The molecule has 0 saturated heterocycles. The molecule has 4 nitrogen and oxygen atoms in total. The highest BCUT2D eigenvalue weighted by Crippen LogP contribution is 2.32. The van der Waals surface area contributed by atoms with Gasteiger partial charge in [-0.05, 0) is 31.6 Å². The monoisotopic (exact) mass is 281 g/mol. The summed E-state index contributed by atoms with van der Waals surface area (Å²) >= 11 is 0. The topological polar surface area (TPSA) is 57.6 Å². The molecule has 2 saturated carbocycles. The quantitative estimate of drug-likeness (QED) is 0.862. The van der Waals surface area contributed by atoms with E-state index in [9.17, 15) is 14.7 Å². The van der Waals surface area contributed by atoms with Crippen molar-refractivity contribution in [3.8, 4) is 0 Å². The number of hydrogen-bond donors (Lipinski definition) is 1. The lowest BCUT2D eigenvalue weighted by molar-refractivity contribution is -0.152. The average molecular weight is 281 g/mol. The molecule has 4 heteroatoms. The van der Waals surface area contributed by atoms with Crippen LogP contribution >= 0.6 is 0 Å². The van der Waals surface area contributed by atoms with Gasteiger partial charge < -0.3 is 10.0 Å². The van der Waals surface area contributed by atoms with E-state index in [1.54, 1.807) is 0 Å². The zero-order valence-electron chi connectivity index (χ0n) is 12.5. The number of amides is 1. The normalized spacial score (nSPS) is 28.1. The third kappa shape index (κ3) is 3.74. The number of carboxylic acids is 1. The van der Waals surface area contributed by atoms with Gasteiger partial charge in [-0.15, -0.1) is 0 Å². The number of rotatable bonds is 4. The van der Waals surface area contributed by atoms with Crippen LogP contribution in [0.1, 0.15) is 57.8 Å². The second kappa shape index (κ2) is 7.09.